The summed E-state index contributed by atoms with van der Waals surface area (Å²) < 4.78 is 0. The van der Waals surface area contributed by atoms with Gasteiger partial charge in [-0.3, -0.25) is 4.79 Å². The quantitative estimate of drug-likeness (QED) is 0.806. The van der Waals surface area contributed by atoms with Crippen molar-refractivity contribution < 1.29 is 9.90 Å². The smallest absolute Gasteiger partial charge is 0.323 e. The molecule has 2 atom stereocenters. The second-order valence-electron chi connectivity index (χ2n) is 5.83. The Balaban J connectivity index is 1.93. The van der Waals surface area contributed by atoms with Gasteiger partial charge in [-0.2, -0.15) is 11.8 Å². The molecule has 21 heavy (non-hydrogen) atoms. The Kier molecular flexibility index (Phi) is 6.12. The van der Waals surface area contributed by atoms with Gasteiger partial charge >= 0.3 is 5.97 Å². The lowest BCUT2D eigenvalue weighted by Gasteiger charge is -2.38. The van der Waals surface area contributed by atoms with E-state index < -0.39 is 11.5 Å². The third-order valence-electron chi connectivity index (χ3n) is 4.16. The van der Waals surface area contributed by atoms with E-state index in [0.29, 0.717) is 5.25 Å². The van der Waals surface area contributed by atoms with Gasteiger partial charge in [-0.05, 0) is 44.2 Å². The Labute approximate surface area is 131 Å². The summed E-state index contributed by atoms with van der Waals surface area (Å²) in [5.74, 6) is 0.288. The van der Waals surface area contributed by atoms with E-state index in [1.165, 1.54) is 5.56 Å². The first-order valence-corrected chi connectivity index (χ1v) is 8.85. The van der Waals surface area contributed by atoms with Crippen LogP contribution in [0.3, 0.4) is 0 Å². The van der Waals surface area contributed by atoms with Gasteiger partial charge in [-0.15, -0.1) is 0 Å². The maximum absolute atomic E-state index is 11.7. The molecule has 2 rings (SSSR count). The highest BCUT2D eigenvalue weighted by molar-refractivity contribution is 7.99. The van der Waals surface area contributed by atoms with Crippen molar-refractivity contribution in [1.82, 2.24) is 5.32 Å². The summed E-state index contributed by atoms with van der Waals surface area (Å²) in [4.78, 5) is 11.7. The summed E-state index contributed by atoms with van der Waals surface area (Å²) in [7, 11) is 0. The highest BCUT2D eigenvalue weighted by Gasteiger charge is 2.42. The summed E-state index contributed by atoms with van der Waals surface area (Å²) in [6.45, 7) is 2.86. The van der Waals surface area contributed by atoms with Gasteiger partial charge in [-0.1, -0.05) is 37.3 Å². The lowest BCUT2D eigenvalue weighted by molar-refractivity contribution is -0.146. The minimum absolute atomic E-state index is 0.430. The molecule has 2 unspecified atom stereocenters. The molecular weight excluding hydrogens is 282 g/mol. The molecule has 0 aliphatic heterocycles. The number of nitrogens with one attached hydrogen (secondary N) is 1. The van der Waals surface area contributed by atoms with Gasteiger partial charge in [0.2, 0.25) is 0 Å². The first-order chi connectivity index (χ1) is 10.2. The summed E-state index contributed by atoms with van der Waals surface area (Å²) in [5, 5.41) is 13.4. The Morgan fingerprint density at radius 3 is 2.86 bits per heavy atom. The lowest BCUT2D eigenvalue weighted by atomic mass is 9.81. The number of rotatable bonds is 7. The fourth-order valence-electron chi connectivity index (χ4n) is 2.95. The second-order valence-corrected chi connectivity index (χ2v) is 7.12. The molecule has 0 heterocycles. The monoisotopic (exact) mass is 307 g/mol. The Bertz CT molecular complexity index is 451. The van der Waals surface area contributed by atoms with Gasteiger partial charge in [0.1, 0.15) is 5.54 Å². The molecule has 3 nitrogen and oxygen atoms in total. The molecule has 1 aliphatic rings. The zero-order valence-corrected chi connectivity index (χ0v) is 13.5. The molecule has 1 aromatic rings. The van der Waals surface area contributed by atoms with Gasteiger partial charge in [0.15, 0.2) is 0 Å². The van der Waals surface area contributed by atoms with E-state index in [4.69, 9.17) is 0 Å². The average molecular weight is 307 g/mol. The molecule has 116 valence electrons. The van der Waals surface area contributed by atoms with E-state index in [9.17, 15) is 9.90 Å². The van der Waals surface area contributed by atoms with Crippen molar-refractivity contribution in [2.24, 2.45) is 0 Å². The second kappa shape index (κ2) is 7.85. The molecule has 0 bridgehead atoms. The zero-order valence-electron chi connectivity index (χ0n) is 12.7. The lowest BCUT2D eigenvalue weighted by Crippen LogP contribution is -2.55. The topological polar surface area (TPSA) is 49.3 Å². The van der Waals surface area contributed by atoms with Gasteiger partial charge in [0.25, 0.3) is 0 Å². The first-order valence-electron chi connectivity index (χ1n) is 7.80. The van der Waals surface area contributed by atoms with Crippen LogP contribution < -0.4 is 5.32 Å². The summed E-state index contributed by atoms with van der Waals surface area (Å²) >= 11 is 1.90. The molecule has 1 saturated carbocycles. The van der Waals surface area contributed by atoms with E-state index in [-0.39, 0.29) is 0 Å². The number of carboxylic acid groups (broad SMARTS) is 1. The molecular formula is C17H25NO2S. The molecule has 0 spiro atoms. The molecule has 0 saturated heterocycles. The van der Waals surface area contributed by atoms with Crippen molar-refractivity contribution in [2.75, 3.05) is 6.54 Å². The van der Waals surface area contributed by atoms with E-state index in [2.05, 4.69) is 36.5 Å². The van der Waals surface area contributed by atoms with Gasteiger partial charge in [0.05, 0.1) is 0 Å². The molecule has 4 heteroatoms. The van der Waals surface area contributed by atoms with E-state index in [1.807, 2.05) is 17.8 Å². The third kappa shape index (κ3) is 4.48. The van der Waals surface area contributed by atoms with Crippen LogP contribution in [0.1, 0.15) is 44.6 Å². The largest absolute Gasteiger partial charge is 0.480 e. The maximum atomic E-state index is 11.7. The van der Waals surface area contributed by atoms with Crippen LogP contribution in [-0.2, 0) is 10.5 Å². The number of thioether (sulfide) groups is 1. The van der Waals surface area contributed by atoms with Crippen LogP contribution in [0.15, 0.2) is 30.3 Å². The third-order valence-corrected chi connectivity index (χ3v) is 5.53. The molecule has 1 fully saturated rings. The Morgan fingerprint density at radius 1 is 1.43 bits per heavy atom. The van der Waals surface area contributed by atoms with Gasteiger partial charge < -0.3 is 10.4 Å². The fraction of sp³-hybridized carbons (Fsp3) is 0.588. The Morgan fingerprint density at radius 2 is 2.19 bits per heavy atom. The Hall–Kier alpha value is -1.00. The molecule has 0 aromatic heterocycles. The highest BCUT2D eigenvalue weighted by atomic mass is 32.2. The zero-order chi connectivity index (χ0) is 15.1. The molecule has 2 N–H and O–H groups in total. The summed E-state index contributed by atoms with van der Waals surface area (Å²) in [5.41, 5.74) is 0.610. The first kappa shape index (κ1) is 16.4. The van der Waals surface area contributed by atoms with Crippen molar-refractivity contribution in [3.05, 3.63) is 35.9 Å². The van der Waals surface area contributed by atoms with Crippen LogP contribution >= 0.6 is 11.8 Å². The minimum atomic E-state index is -0.706. The minimum Gasteiger partial charge on any atom is -0.480 e. The van der Waals surface area contributed by atoms with Crippen molar-refractivity contribution in [1.29, 1.82) is 0 Å². The van der Waals surface area contributed by atoms with Crippen LogP contribution in [0, 0.1) is 0 Å². The average Bonchev–Trinajstić information content (AvgIpc) is 2.52. The van der Waals surface area contributed by atoms with Crippen molar-refractivity contribution >= 4 is 17.7 Å². The summed E-state index contributed by atoms with van der Waals surface area (Å²) in [6, 6.07) is 10.4. The van der Waals surface area contributed by atoms with Crippen LogP contribution in [0.2, 0.25) is 0 Å². The summed E-state index contributed by atoms with van der Waals surface area (Å²) in [6.07, 6.45) is 4.58. The van der Waals surface area contributed by atoms with Gasteiger partial charge in [-0.25, -0.2) is 0 Å². The fourth-order valence-corrected chi connectivity index (χ4v) is 4.31. The van der Waals surface area contributed by atoms with Gasteiger partial charge in [0, 0.05) is 11.0 Å². The van der Waals surface area contributed by atoms with E-state index in [0.717, 1.165) is 44.4 Å². The maximum Gasteiger partial charge on any atom is 0.323 e. The van der Waals surface area contributed by atoms with Crippen LogP contribution in [0.4, 0.5) is 0 Å². The van der Waals surface area contributed by atoms with Crippen molar-refractivity contribution in [3.63, 3.8) is 0 Å². The van der Waals surface area contributed by atoms with Crippen molar-refractivity contribution in [3.8, 4) is 0 Å². The SMILES string of the molecule is CCCNC1(C(=O)O)CCCC(SCc2ccccc2)C1. The molecule has 1 aliphatic carbocycles. The number of carboxylic acids is 1. The number of hydrogen-bond donors (Lipinski definition) is 2. The van der Waals surface area contributed by atoms with Crippen LogP contribution in [0.25, 0.3) is 0 Å². The standard InChI is InChI=1S/C17H25NO2S/c1-2-11-18-17(16(19)20)10-6-9-15(12-17)21-13-14-7-4-3-5-8-14/h3-5,7-8,15,18H,2,6,9-13H2,1H3,(H,19,20). The molecule has 0 amide bonds. The number of aliphatic carboxylic acids is 1. The van der Waals surface area contributed by atoms with E-state index in [1.54, 1.807) is 0 Å². The predicted octanol–water partition coefficient (Wildman–Crippen LogP) is 3.69. The van der Waals surface area contributed by atoms with Crippen molar-refractivity contribution in [2.45, 2.75) is 55.6 Å². The van der Waals surface area contributed by atoms with E-state index >= 15 is 0 Å². The number of benzene rings is 1. The van der Waals surface area contributed by atoms with Crippen LogP contribution in [-0.4, -0.2) is 28.4 Å². The molecule has 1 aromatic carbocycles. The number of hydrogen-bond acceptors (Lipinski definition) is 3. The molecule has 0 radical (unpaired) electrons. The number of carbonyl (C=O) groups is 1. The highest BCUT2D eigenvalue weighted by Crippen LogP contribution is 2.36. The van der Waals surface area contributed by atoms with Crippen LogP contribution in [0.5, 0.6) is 0 Å². The predicted molar refractivity (Wildman–Crippen MR) is 88.7 cm³/mol. The normalized spacial score (nSPS) is 25.7.